The molecule has 1 atom stereocenters. The van der Waals surface area contributed by atoms with Gasteiger partial charge in [-0.15, -0.1) is 0 Å². The molecule has 0 radical (unpaired) electrons. The van der Waals surface area contributed by atoms with Crippen molar-refractivity contribution in [2.24, 2.45) is 0 Å². The smallest absolute Gasteiger partial charge is 0.339 e. The minimum Gasteiger partial charge on any atom is -0.465 e. The van der Waals surface area contributed by atoms with Crippen LogP contribution < -0.4 is 5.32 Å². The third-order valence-corrected chi connectivity index (χ3v) is 5.86. The number of nitrogens with zero attached hydrogens (tertiary/aromatic N) is 1. The maximum atomic E-state index is 13.3. The second-order valence-corrected chi connectivity index (χ2v) is 7.30. The van der Waals surface area contributed by atoms with Gasteiger partial charge in [0.25, 0.3) is 5.91 Å². The van der Waals surface area contributed by atoms with Crippen molar-refractivity contribution in [1.82, 2.24) is 0 Å². The Morgan fingerprint density at radius 1 is 1.15 bits per heavy atom. The highest BCUT2D eigenvalue weighted by atomic mass is 16.5. The summed E-state index contributed by atoms with van der Waals surface area (Å²) in [6, 6.07) is 5.32. The van der Waals surface area contributed by atoms with Gasteiger partial charge in [0.15, 0.2) is 6.04 Å². The first-order valence-electron chi connectivity index (χ1n) is 9.83. The zero-order chi connectivity index (χ0) is 19.2. The van der Waals surface area contributed by atoms with E-state index in [9.17, 15) is 9.59 Å². The van der Waals surface area contributed by atoms with Crippen molar-refractivity contribution in [2.45, 2.75) is 58.9 Å². The highest BCUT2D eigenvalue weighted by Gasteiger charge is 2.40. The molecule has 144 valence electrons. The summed E-state index contributed by atoms with van der Waals surface area (Å²) >= 11 is 0. The second-order valence-electron chi connectivity index (χ2n) is 7.30. The minimum absolute atomic E-state index is 0.00991. The predicted molar refractivity (Wildman–Crippen MR) is 104 cm³/mol. The maximum absolute atomic E-state index is 13.3. The number of hydrogen-bond donors (Lipinski definition) is 1. The maximum Gasteiger partial charge on any atom is 0.339 e. The molecule has 5 nitrogen and oxygen atoms in total. The quantitative estimate of drug-likeness (QED) is 0.617. The zero-order valence-corrected chi connectivity index (χ0v) is 16.6. The van der Waals surface area contributed by atoms with Crippen LogP contribution in [0.2, 0.25) is 0 Å². The van der Waals surface area contributed by atoms with Crippen LogP contribution in [0.3, 0.4) is 0 Å². The minimum atomic E-state index is -0.425. The second kappa shape index (κ2) is 9.17. The lowest BCUT2D eigenvalue weighted by molar-refractivity contribution is -0.940. The van der Waals surface area contributed by atoms with E-state index in [-0.39, 0.29) is 11.9 Å². The Morgan fingerprint density at radius 3 is 2.35 bits per heavy atom. The van der Waals surface area contributed by atoms with Crippen LogP contribution in [0, 0.1) is 6.92 Å². The van der Waals surface area contributed by atoms with Crippen LogP contribution in [-0.2, 0) is 9.53 Å². The van der Waals surface area contributed by atoms with Gasteiger partial charge in [-0.05, 0) is 51.2 Å². The molecule has 0 bridgehead atoms. The van der Waals surface area contributed by atoms with Crippen LogP contribution in [0.5, 0.6) is 0 Å². The number of likely N-dealkylation sites (N-methyl/N-ethyl adjacent to an activating group) is 1. The lowest BCUT2D eigenvalue weighted by Gasteiger charge is -2.42. The molecule has 5 heteroatoms. The van der Waals surface area contributed by atoms with E-state index in [0.29, 0.717) is 11.3 Å². The number of quaternary nitrogens is 1. The van der Waals surface area contributed by atoms with Crippen molar-refractivity contribution in [2.75, 3.05) is 32.1 Å². The number of nitrogens with one attached hydrogen (secondary N) is 1. The number of rotatable bonds is 6. The molecule has 1 unspecified atom stereocenters. The number of ether oxygens (including phenoxy) is 1. The summed E-state index contributed by atoms with van der Waals surface area (Å²) < 4.78 is 5.73. The van der Waals surface area contributed by atoms with Gasteiger partial charge in [-0.3, -0.25) is 4.79 Å². The zero-order valence-electron chi connectivity index (χ0n) is 16.6. The van der Waals surface area contributed by atoms with Gasteiger partial charge in [0.1, 0.15) is 0 Å². The predicted octanol–water partition coefficient (Wildman–Crippen LogP) is 3.91. The number of esters is 1. The molecule has 1 fully saturated rings. The van der Waals surface area contributed by atoms with E-state index in [2.05, 4.69) is 19.2 Å². The van der Waals surface area contributed by atoms with Crippen molar-refractivity contribution in [3.8, 4) is 0 Å². The number of likely N-dealkylation sites (tertiary alicyclic amines) is 1. The Bertz CT molecular complexity index is 634. The van der Waals surface area contributed by atoms with Crippen LogP contribution >= 0.6 is 0 Å². The van der Waals surface area contributed by atoms with E-state index in [0.717, 1.165) is 36.1 Å². The fourth-order valence-corrected chi connectivity index (χ4v) is 4.31. The summed E-state index contributed by atoms with van der Waals surface area (Å²) in [6.07, 6.45) is 5.65. The number of hydrogen-bond acceptors (Lipinski definition) is 3. The van der Waals surface area contributed by atoms with E-state index in [4.69, 9.17) is 4.74 Å². The first kappa shape index (κ1) is 20.4. The molecule has 1 aromatic rings. The highest BCUT2D eigenvalue weighted by Crippen LogP contribution is 2.27. The molecular formula is C21H33N2O3+. The average Bonchev–Trinajstić information content (AvgIpc) is 2.90. The third-order valence-electron chi connectivity index (χ3n) is 5.86. The van der Waals surface area contributed by atoms with E-state index < -0.39 is 5.97 Å². The van der Waals surface area contributed by atoms with Gasteiger partial charge < -0.3 is 14.5 Å². The molecule has 1 aromatic carbocycles. The number of methoxy groups -OCH3 is 1. The Kier molecular flexibility index (Phi) is 7.21. The topological polar surface area (TPSA) is 55.4 Å². The standard InChI is InChI=1S/C21H32N2O3/c1-5-18(23(6-2)14-9-7-8-10-15-23)20(24)22-19-16(3)12-11-13-17(19)21(25)26-4/h11-13,18H,5-10,14-15H2,1-4H3/p+1. The molecule has 26 heavy (non-hydrogen) atoms. The molecule has 0 saturated carbocycles. The molecule has 1 saturated heterocycles. The largest absolute Gasteiger partial charge is 0.465 e. The molecule has 0 spiro atoms. The lowest BCUT2D eigenvalue weighted by atomic mass is 10.0. The van der Waals surface area contributed by atoms with E-state index in [1.54, 1.807) is 6.07 Å². The molecule has 1 aliphatic rings. The number of benzene rings is 1. The van der Waals surface area contributed by atoms with Gasteiger partial charge in [-0.2, -0.15) is 0 Å². The number of carbonyl (C=O) groups excluding carboxylic acids is 2. The Morgan fingerprint density at radius 2 is 1.81 bits per heavy atom. The third kappa shape index (κ3) is 4.26. The highest BCUT2D eigenvalue weighted by molar-refractivity contribution is 6.03. The van der Waals surface area contributed by atoms with Gasteiger partial charge >= 0.3 is 5.97 Å². The van der Waals surface area contributed by atoms with E-state index in [1.807, 2.05) is 19.1 Å². The average molecular weight is 362 g/mol. The summed E-state index contributed by atoms with van der Waals surface area (Å²) in [4.78, 5) is 25.4. The Balaban J connectivity index is 2.31. The van der Waals surface area contributed by atoms with Gasteiger partial charge in [0, 0.05) is 6.42 Å². The van der Waals surface area contributed by atoms with Gasteiger partial charge in [-0.25, -0.2) is 4.79 Å². The molecule has 1 N–H and O–H groups in total. The molecule has 0 aliphatic carbocycles. The summed E-state index contributed by atoms with van der Waals surface area (Å²) in [5, 5.41) is 3.07. The SMILES string of the molecule is CCC(C(=O)Nc1c(C)cccc1C(=O)OC)[N+]1(CC)CCCCCC1. The summed E-state index contributed by atoms with van der Waals surface area (Å²) in [5.74, 6) is -0.415. The van der Waals surface area contributed by atoms with Gasteiger partial charge in [0.2, 0.25) is 0 Å². The molecule has 0 aromatic heterocycles. The Hall–Kier alpha value is -1.88. The van der Waals surface area contributed by atoms with Crippen LogP contribution in [0.25, 0.3) is 0 Å². The number of carbonyl (C=O) groups is 2. The fourth-order valence-electron chi connectivity index (χ4n) is 4.31. The van der Waals surface area contributed by atoms with Crippen LogP contribution in [0.1, 0.15) is 61.9 Å². The van der Waals surface area contributed by atoms with Crippen LogP contribution in [0.15, 0.2) is 18.2 Å². The summed E-state index contributed by atoms with van der Waals surface area (Å²) in [5.41, 5.74) is 1.86. The van der Waals surface area contributed by atoms with Gasteiger partial charge in [-0.1, -0.05) is 19.1 Å². The van der Waals surface area contributed by atoms with E-state index in [1.165, 1.54) is 32.8 Å². The first-order valence-corrected chi connectivity index (χ1v) is 9.83. The Labute approximate surface area is 157 Å². The molecule has 1 aliphatic heterocycles. The number of aryl methyl sites for hydroxylation is 1. The normalized spacial score (nSPS) is 17.8. The van der Waals surface area contributed by atoms with Crippen molar-refractivity contribution in [3.05, 3.63) is 29.3 Å². The molecular weight excluding hydrogens is 328 g/mol. The first-order chi connectivity index (χ1) is 12.5. The number of amides is 1. The fraction of sp³-hybridized carbons (Fsp3) is 0.619. The monoisotopic (exact) mass is 361 g/mol. The van der Waals surface area contributed by atoms with Crippen molar-refractivity contribution >= 4 is 17.6 Å². The number of anilines is 1. The van der Waals surface area contributed by atoms with Crippen LogP contribution in [0.4, 0.5) is 5.69 Å². The summed E-state index contributed by atoms with van der Waals surface area (Å²) in [6.45, 7) is 9.25. The molecule has 1 heterocycles. The van der Waals surface area contributed by atoms with Gasteiger partial charge in [0.05, 0.1) is 38.0 Å². The lowest BCUT2D eigenvalue weighted by Crippen LogP contribution is -2.60. The van der Waals surface area contributed by atoms with Crippen LogP contribution in [-0.4, -0.2) is 49.1 Å². The van der Waals surface area contributed by atoms with Crippen molar-refractivity contribution in [3.63, 3.8) is 0 Å². The van der Waals surface area contributed by atoms with E-state index >= 15 is 0 Å². The van der Waals surface area contributed by atoms with Crippen molar-refractivity contribution < 1.29 is 18.8 Å². The summed E-state index contributed by atoms with van der Waals surface area (Å²) in [7, 11) is 1.36. The molecule has 2 rings (SSSR count). The number of para-hydroxylation sites is 1. The van der Waals surface area contributed by atoms with Crippen molar-refractivity contribution in [1.29, 1.82) is 0 Å². The molecule has 1 amide bonds.